The molecule has 1 aromatic rings. The minimum absolute atomic E-state index is 0.00462. The Hall–Kier alpha value is -1.49. The molecule has 5 heteroatoms. The molecule has 1 unspecified atom stereocenters. The van der Waals surface area contributed by atoms with Crippen molar-refractivity contribution in [3.05, 3.63) is 35.4 Å². The third kappa shape index (κ3) is 4.79. The van der Waals surface area contributed by atoms with Crippen molar-refractivity contribution in [2.75, 3.05) is 6.54 Å². The molecule has 0 heterocycles. The molecule has 0 aromatic heterocycles. The number of benzene rings is 1. The summed E-state index contributed by atoms with van der Waals surface area (Å²) >= 11 is 0. The Morgan fingerprint density at radius 2 is 2.00 bits per heavy atom. The minimum atomic E-state index is -0.583. The van der Waals surface area contributed by atoms with Crippen molar-refractivity contribution in [1.29, 1.82) is 0 Å². The number of carbonyl (C=O) groups excluding carboxylic acids is 1. The fourth-order valence-corrected chi connectivity index (χ4v) is 1.55. The van der Waals surface area contributed by atoms with E-state index in [1.165, 1.54) is 18.2 Å². The lowest BCUT2D eigenvalue weighted by Crippen LogP contribution is -2.27. The van der Waals surface area contributed by atoms with Gasteiger partial charge in [0.2, 0.25) is 5.91 Å². The van der Waals surface area contributed by atoms with E-state index in [1.54, 1.807) is 0 Å². The largest absolute Gasteiger partial charge is 0.356 e. The summed E-state index contributed by atoms with van der Waals surface area (Å²) in [5.41, 5.74) is 5.53. The highest BCUT2D eigenvalue weighted by Crippen LogP contribution is 2.11. The summed E-state index contributed by atoms with van der Waals surface area (Å²) in [6, 6.07) is 3.70. The van der Waals surface area contributed by atoms with Crippen molar-refractivity contribution in [2.45, 2.75) is 32.2 Å². The predicted octanol–water partition coefficient (Wildman–Crippen LogP) is 1.75. The molecule has 3 N–H and O–H groups in total. The maximum Gasteiger partial charge on any atom is 0.220 e. The van der Waals surface area contributed by atoms with E-state index in [9.17, 15) is 13.6 Å². The average molecular weight is 256 g/mol. The third-order valence-corrected chi connectivity index (χ3v) is 2.59. The molecule has 0 saturated carbocycles. The molecule has 0 bridgehead atoms. The number of halogens is 2. The quantitative estimate of drug-likeness (QED) is 0.814. The van der Waals surface area contributed by atoms with Crippen LogP contribution in [0.2, 0.25) is 0 Å². The summed E-state index contributed by atoms with van der Waals surface area (Å²) < 4.78 is 26.5. The van der Waals surface area contributed by atoms with Crippen LogP contribution in [0.4, 0.5) is 8.78 Å². The molecular formula is C13H18F2N2O. The number of hydrogen-bond acceptors (Lipinski definition) is 2. The van der Waals surface area contributed by atoms with Gasteiger partial charge in [-0.05, 0) is 31.9 Å². The van der Waals surface area contributed by atoms with Crippen LogP contribution in [-0.4, -0.2) is 18.5 Å². The normalized spacial score (nSPS) is 12.2. The van der Waals surface area contributed by atoms with Gasteiger partial charge < -0.3 is 11.1 Å². The van der Waals surface area contributed by atoms with E-state index in [4.69, 9.17) is 5.73 Å². The molecule has 0 saturated heterocycles. The van der Waals surface area contributed by atoms with Crippen LogP contribution in [0.3, 0.4) is 0 Å². The van der Waals surface area contributed by atoms with E-state index in [1.807, 2.05) is 6.92 Å². The zero-order valence-corrected chi connectivity index (χ0v) is 10.4. The maximum absolute atomic E-state index is 13.3. The van der Waals surface area contributed by atoms with E-state index in [2.05, 4.69) is 5.32 Å². The molecule has 1 amide bonds. The first-order valence-electron chi connectivity index (χ1n) is 5.96. The second kappa shape index (κ2) is 7.06. The molecule has 0 radical (unpaired) electrons. The molecular weight excluding hydrogens is 238 g/mol. The second-order valence-electron chi connectivity index (χ2n) is 4.32. The van der Waals surface area contributed by atoms with E-state index in [0.29, 0.717) is 12.8 Å². The Bertz CT molecular complexity index is 388. The Balaban J connectivity index is 2.35. The standard InChI is InChI=1S/C13H18F2N2O/c1-9(16)5-6-13(18)17-8-7-10-11(14)3-2-4-12(10)15/h2-4,9H,5-8,16H2,1H3,(H,17,18). The van der Waals surface area contributed by atoms with Crippen molar-refractivity contribution >= 4 is 5.91 Å². The number of hydrogen-bond donors (Lipinski definition) is 2. The highest BCUT2D eigenvalue weighted by atomic mass is 19.1. The summed E-state index contributed by atoms with van der Waals surface area (Å²) in [6.45, 7) is 2.04. The Morgan fingerprint density at radius 3 is 2.56 bits per heavy atom. The molecule has 1 rings (SSSR count). The molecule has 100 valence electrons. The fraction of sp³-hybridized carbons (Fsp3) is 0.462. The van der Waals surface area contributed by atoms with Crippen molar-refractivity contribution in [2.24, 2.45) is 5.73 Å². The number of nitrogens with two attached hydrogens (primary N) is 1. The summed E-state index contributed by atoms with van der Waals surface area (Å²) in [7, 11) is 0. The number of carbonyl (C=O) groups is 1. The molecule has 0 fully saturated rings. The summed E-state index contributed by atoms with van der Waals surface area (Å²) in [4.78, 5) is 11.4. The lowest BCUT2D eigenvalue weighted by Gasteiger charge is -2.08. The summed E-state index contributed by atoms with van der Waals surface area (Å²) in [5, 5.41) is 2.61. The van der Waals surface area contributed by atoms with Crippen molar-refractivity contribution < 1.29 is 13.6 Å². The van der Waals surface area contributed by atoms with Gasteiger partial charge in [-0.1, -0.05) is 6.07 Å². The SMILES string of the molecule is CC(N)CCC(=O)NCCc1c(F)cccc1F. The molecule has 0 spiro atoms. The average Bonchev–Trinajstić information content (AvgIpc) is 2.30. The fourth-order valence-electron chi connectivity index (χ4n) is 1.55. The van der Waals surface area contributed by atoms with Gasteiger partial charge in [0.25, 0.3) is 0 Å². The lowest BCUT2D eigenvalue weighted by atomic mass is 10.1. The second-order valence-corrected chi connectivity index (χ2v) is 4.32. The zero-order valence-electron chi connectivity index (χ0n) is 10.4. The van der Waals surface area contributed by atoms with Gasteiger partial charge in [0, 0.05) is 24.6 Å². The highest BCUT2D eigenvalue weighted by molar-refractivity contribution is 5.75. The molecule has 18 heavy (non-hydrogen) atoms. The first-order chi connectivity index (χ1) is 8.50. The number of amides is 1. The van der Waals surface area contributed by atoms with Crippen LogP contribution >= 0.6 is 0 Å². The first-order valence-corrected chi connectivity index (χ1v) is 5.96. The van der Waals surface area contributed by atoms with Crippen molar-refractivity contribution in [3.63, 3.8) is 0 Å². The monoisotopic (exact) mass is 256 g/mol. The Labute approximate surface area is 105 Å². The van der Waals surface area contributed by atoms with Crippen molar-refractivity contribution in [3.8, 4) is 0 Å². The maximum atomic E-state index is 13.3. The van der Waals surface area contributed by atoms with Crippen LogP contribution in [0.15, 0.2) is 18.2 Å². The molecule has 3 nitrogen and oxygen atoms in total. The lowest BCUT2D eigenvalue weighted by molar-refractivity contribution is -0.121. The Kier molecular flexibility index (Phi) is 5.71. The van der Waals surface area contributed by atoms with Gasteiger partial charge in [0.1, 0.15) is 11.6 Å². The van der Waals surface area contributed by atoms with Crippen LogP contribution in [0.1, 0.15) is 25.3 Å². The zero-order chi connectivity index (χ0) is 13.5. The summed E-state index contributed by atoms with van der Waals surface area (Å²) in [5.74, 6) is -1.32. The number of nitrogens with one attached hydrogen (secondary N) is 1. The van der Waals surface area contributed by atoms with E-state index >= 15 is 0 Å². The Morgan fingerprint density at radius 1 is 1.39 bits per heavy atom. The highest BCUT2D eigenvalue weighted by Gasteiger charge is 2.09. The molecule has 0 aliphatic rings. The molecule has 0 aliphatic carbocycles. The first kappa shape index (κ1) is 14.6. The van der Waals surface area contributed by atoms with Gasteiger partial charge in [-0.3, -0.25) is 4.79 Å². The van der Waals surface area contributed by atoms with Crippen LogP contribution in [-0.2, 0) is 11.2 Å². The topological polar surface area (TPSA) is 55.1 Å². The molecule has 1 aromatic carbocycles. The molecule has 1 atom stereocenters. The van der Waals surface area contributed by atoms with Crippen LogP contribution in [0.25, 0.3) is 0 Å². The summed E-state index contributed by atoms with van der Waals surface area (Å²) in [6.07, 6.45) is 1.07. The minimum Gasteiger partial charge on any atom is -0.356 e. The van der Waals surface area contributed by atoms with Gasteiger partial charge in [-0.15, -0.1) is 0 Å². The van der Waals surface area contributed by atoms with Gasteiger partial charge in [0.15, 0.2) is 0 Å². The van der Waals surface area contributed by atoms with Crippen LogP contribution in [0, 0.1) is 11.6 Å². The van der Waals surface area contributed by atoms with E-state index < -0.39 is 11.6 Å². The van der Waals surface area contributed by atoms with E-state index in [0.717, 1.165) is 0 Å². The predicted molar refractivity (Wildman–Crippen MR) is 66.0 cm³/mol. The van der Waals surface area contributed by atoms with Gasteiger partial charge >= 0.3 is 0 Å². The third-order valence-electron chi connectivity index (χ3n) is 2.59. The van der Waals surface area contributed by atoms with Crippen molar-refractivity contribution in [1.82, 2.24) is 5.32 Å². The van der Waals surface area contributed by atoms with Crippen LogP contribution < -0.4 is 11.1 Å². The van der Waals surface area contributed by atoms with Gasteiger partial charge in [-0.2, -0.15) is 0 Å². The number of rotatable bonds is 6. The smallest absolute Gasteiger partial charge is 0.220 e. The van der Waals surface area contributed by atoms with Gasteiger partial charge in [-0.25, -0.2) is 8.78 Å². The molecule has 0 aliphatic heterocycles. The van der Waals surface area contributed by atoms with Crippen LogP contribution in [0.5, 0.6) is 0 Å². The van der Waals surface area contributed by atoms with Gasteiger partial charge in [0.05, 0.1) is 0 Å². The van der Waals surface area contributed by atoms with E-state index in [-0.39, 0.29) is 30.5 Å².